The molecule has 0 fully saturated rings. The Hall–Kier alpha value is 0.550. The smallest absolute Gasteiger partial charge is 0.0918 e. The van der Waals surface area contributed by atoms with E-state index < -0.39 is 0 Å². The van der Waals surface area contributed by atoms with Crippen molar-refractivity contribution in [2.24, 2.45) is 0 Å². The van der Waals surface area contributed by atoms with E-state index in [2.05, 4.69) is 30.9 Å². The fraction of sp³-hybridized carbons (Fsp3) is 0.333. The maximum absolute atomic E-state index is 4.10. The maximum atomic E-state index is 4.10. The van der Waals surface area contributed by atoms with E-state index >= 15 is 0 Å². The molecular formula is C3H6N2S3. The van der Waals surface area contributed by atoms with Crippen LogP contribution in [0.15, 0.2) is 9.93 Å². The lowest BCUT2D eigenvalue weighted by Gasteiger charge is -2.03. The van der Waals surface area contributed by atoms with Gasteiger partial charge in [0, 0.05) is 4.91 Å². The summed E-state index contributed by atoms with van der Waals surface area (Å²) in [6.07, 6.45) is 0. The molecule has 0 unspecified atom stereocenters. The Morgan fingerprint density at radius 3 is 2.50 bits per heavy atom. The minimum Gasteiger partial charge on any atom is -0.293 e. The van der Waals surface area contributed by atoms with Crippen molar-refractivity contribution in [2.45, 2.75) is 6.92 Å². The van der Waals surface area contributed by atoms with Gasteiger partial charge in [0.15, 0.2) is 0 Å². The van der Waals surface area contributed by atoms with Crippen LogP contribution >= 0.6 is 37.4 Å². The van der Waals surface area contributed by atoms with E-state index in [0.29, 0.717) is 0 Å². The summed E-state index contributed by atoms with van der Waals surface area (Å²) >= 11 is 9.63. The highest BCUT2D eigenvalue weighted by Crippen LogP contribution is 2.30. The largest absolute Gasteiger partial charge is 0.293 e. The van der Waals surface area contributed by atoms with Gasteiger partial charge >= 0.3 is 0 Å². The van der Waals surface area contributed by atoms with E-state index in [1.54, 1.807) is 3.82 Å². The van der Waals surface area contributed by atoms with Gasteiger partial charge < -0.3 is 0 Å². The van der Waals surface area contributed by atoms with Crippen LogP contribution in [0.4, 0.5) is 0 Å². The lowest BCUT2D eigenvalue weighted by atomic mass is 10.7. The van der Waals surface area contributed by atoms with E-state index in [1.165, 1.54) is 11.9 Å². The van der Waals surface area contributed by atoms with Crippen molar-refractivity contribution in [1.29, 1.82) is 0 Å². The molecule has 8 heavy (non-hydrogen) atoms. The van der Waals surface area contributed by atoms with Crippen LogP contribution in [0.5, 0.6) is 0 Å². The third-order valence-electron chi connectivity index (χ3n) is 0.758. The van der Waals surface area contributed by atoms with Gasteiger partial charge in [0.05, 0.1) is 5.03 Å². The van der Waals surface area contributed by atoms with Crippen molar-refractivity contribution >= 4 is 37.4 Å². The monoisotopic (exact) mass is 166 g/mol. The summed E-state index contributed by atoms with van der Waals surface area (Å²) in [6, 6.07) is 0. The van der Waals surface area contributed by atoms with Crippen LogP contribution in [0.25, 0.3) is 0 Å². The van der Waals surface area contributed by atoms with Gasteiger partial charge in [0.25, 0.3) is 0 Å². The van der Waals surface area contributed by atoms with Crippen LogP contribution in [0.1, 0.15) is 6.92 Å². The number of rotatable bonds is 0. The number of allylic oxidation sites excluding steroid dienone is 1. The summed E-state index contributed by atoms with van der Waals surface area (Å²) in [6.45, 7) is 1.98. The highest BCUT2D eigenvalue weighted by molar-refractivity contribution is 8.09. The topological polar surface area (TPSA) is 15.3 Å². The highest BCUT2D eigenvalue weighted by Gasteiger charge is 2.12. The molecule has 0 amide bonds. The zero-order chi connectivity index (χ0) is 6.15. The minimum absolute atomic E-state index is 0.880. The molecule has 0 aliphatic carbocycles. The molecule has 0 aromatic heterocycles. The van der Waals surface area contributed by atoms with Crippen LogP contribution < -0.4 is 5.43 Å². The Balaban J connectivity index is 2.60. The summed E-state index contributed by atoms with van der Waals surface area (Å²) in [5, 5.41) is 0.880. The van der Waals surface area contributed by atoms with Crippen LogP contribution in [0.3, 0.4) is 0 Å². The molecule has 0 aromatic carbocycles. The summed E-state index contributed by atoms with van der Waals surface area (Å²) in [5.41, 5.74) is 2.87. The number of hydrogen-bond acceptors (Lipinski definition) is 5. The van der Waals surface area contributed by atoms with Gasteiger partial charge in [0.2, 0.25) is 0 Å². The Bertz CT molecular complexity index is 118. The lowest BCUT2D eigenvalue weighted by Crippen LogP contribution is -2.14. The van der Waals surface area contributed by atoms with Crippen LogP contribution in [0, 0.1) is 0 Å². The van der Waals surface area contributed by atoms with Crippen molar-refractivity contribution in [3.8, 4) is 0 Å². The molecule has 0 atom stereocenters. The lowest BCUT2D eigenvalue weighted by molar-refractivity contribution is 0.667. The molecule has 1 aliphatic rings. The Morgan fingerprint density at radius 2 is 2.38 bits per heavy atom. The van der Waals surface area contributed by atoms with E-state index in [1.807, 2.05) is 6.92 Å². The predicted octanol–water partition coefficient (Wildman–Crippen LogP) is 1.42. The Kier molecular flexibility index (Phi) is 2.02. The second-order valence-corrected chi connectivity index (χ2v) is 3.66. The summed E-state index contributed by atoms with van der Waals surface area (Å²) < 4.78 is 1.61. The molecule has 1 heterocycles. The molecule has 46 valence electrons. The van der Waals surface area contributed by atoms with Crippen LogP contribution in [0.2, 0.25) is 0 Å². The molecule has 0 bridgehead atoms. The highest BCUT2D eigenvalue weighted by atomic mass is 32.2. The first-order valence-electron chi connectivity index (χ1n) is 2.03. The Labute approximate surface area is 63.8 Å². The standard InChI is InChI=1S/C3H6N2S3/c1-2-3(6)4-5(7)8-2/h4,6-7H,1H3. The van der Waals surface area contributed by atoms with Gasteiger partial charge in [-0.3, -0.25) is 5.43 Å². The van der Waals surface area contributed by atoms with Crippen molar-refractivity contribution in [3.05, 3.63) is 9.93 Å². The molecular weight excluding hydrogens is 160 g/mol. The average molecular weight is 166 g/mol. The Morgan fingerprint density at radius 1 is 1.75 bits per heavy atom. The second kappa shape index (κ2) is 2.43. The minimum atomic E-state index is 0.880. The SMILES string of the molecule is CC1=C(S)NN(S)S1. The van der Waals surface area contributed by atoms with Gasteiger partial charge in [-0.15, -0.1) is 16.4 Å². The van der Waals surface area contributed by atoms with Crippen molar-refractivity contribution in [3.63, 3.8) is 0 Å². The van der Waals surface area contributed by atoms with Gasteiger partial charge in [-0.1, -0.05) is 12.8 Å². The number of thiol groups is 2. The molecule has 0 aromatic rings. The molecule has 0 saturated carbocycles. The van der Waals surface area contributed by atoms with Crippen LogP contribution in [-0.2, 0) is 0 Å². The summed E-state index contributed by atoms with van der Waals surface area (Å²) in [7, 11) is 0. The van der Waals surface area contributed by atoms with E-state index in [-0.39, 0.29) is 0 Å². The van der Waals surface area contributed by atoms with E-state index in [9.17, 15) is 0 Å². The fourth-order valence-electron chi connectivity index (χ4n) is 0.365. The quantitative estimate of drug-likeness (QED) is 0.373. The third-order valence-corrected chi connectivity index (χ3v) is 2.43. The first kappa shape index (κ1) is 6.67. The molecule has 2 nitrogen and oxygen atoms in total. The molecule has 0 saturated heterocycles. The zero-order valence-corrected chi connectivity index (χ0v) is 6.86. The second-order valence-electron chi connectivity index (χ2n) is 1.38. The number of nitrogens with one attached hydrogen (secondary N) is 1. The number of hydrazine groups is 1. The van der Waals surface area contributed by atoms with Gasteiger partial charge in [-0.05, 0) is 18.9 Å². The molecule has 1 aliphatic heterocycles. The van der Waals surface area contributed by atoms with Gasteiger partial charge in [-0.2, -0.15) is 0 Å². The molecule has 1 N–H and O–H groups in total. The van der Waals surface area contributed by atoms with Crippen molar-refractivity contribution in [2.75, 3.05) is 0 Å². The summed E-state index contributed by atoms with van der Waals surface area (Å²) in [5.74, 6) is 0. The zero-order valence-electron chi connectivity index (χ0n) is 4.25. The van der Waals surface area contributed by atoms with E-state index in [4.69, 9.17) is 0 Å². The van der Waals surface area contributed by atoms with Crippen molar-refractivity contribution in [1.82, 2.24) is 9.25 Å². The average Bonchev–Trinajstić information content (AvgIpc) is 1.85. The molecule has 0 spiro atoms. The maximum Gasteiger partial charge on any atom is 0.0918 e. The summed E-state index contributed by atoms with van der Waals surface area (Å²) in [4.78, 5) is 1.14. The van der Waals surface area contributed by atoms with Gasteiger partial charge in [-0.25, -0.2) is 0 Å². The molecule has 1 rings (SSSR count). The normalized spacial score (nSPS) is 21.9. The fourth-order valence-corrected chi connectivity index (χ4v) is 1.73. The molecule has 5 heteroatoms. The first-order chi connectivity index (χ1) is 3.70. The number of hydrogen-bond donors (Lipinski definition) is 3. The van der Waals surface area contributed by atoms with Crippen LogP contribution in [-0.4, -0.2) is 3.82 Å². The van der Waals surface area contributed by atoms with E-state index in [0.717, 1.165) is 9.93 Å². The third kappa shape index (κ3) is 1.28. The first-order valence-corrected chi connectivity index (χ1v) is 3.65. The number of nitrogens with zero attached hydrogens (tertiary/aromatic N) is 1. The van der Waals surface area contributed by atoms with Crippen molar-refractivity contribution < 1.29 is 0 Å². The molecule has 0 radical (unpaired) electrons. The predicted molar refractivity (Wildman–Crippen MR) is 43.2 cm³/mol. The van der Waals surface area contributed by atoms with Gasteiger partial charge in [0.1, 0.15) is 0 Å².